The predicted octanol–water partition coefficient (Wildman–Crippen LogP) is 3.84. The molecule has 0 saturated carbocycles. The molecule has 0 amide bonds. The number of anilines is 1. The largest absolute Gasteiger partial charge is 0.492 e. The fourth-order valence-electron chi connectivity index (χ4n) is 2.88. The van der Waals surface area contributed by atoms with Crippen molar-refractivity contribution in [3.63, 3.8) is 0 Å². The van der Waals surface area contributed by atoms with Gasteiger partial charge >= 0.3 is 18.3 Å². The van der Waals surface area contributed by atoms with E-state index in [1.807, 2.05) is 0 Å². The minimum Gasteiger partial charge on any atom is -0.368 e. The minimum absolute atomic E-state index is 0.000568. The van der Waals surface area contributed by atoms with Crippen LogP contribution in [0.5, 0.6) is 0 Å². The summed E-state index contributed by atoms with van der Waals surface area (Å²) in [6, 6.07) is 4.35. The van der Waals surface area contributed by atoms with Gasteiger partial charge < -0.3 is 10.6 Å². The molecule has 16 heteroatoms. The molecule has 0 bridgehead atoms. The molecular formula is C20H15F6N5O4S. The number of carbonyl (C=O) groups is 1. The van der Waals surface area contributed by atoms with Gasteiger partial charge in [-0.1, -0.05) is 12.1 Å². The molecular weight excluding hydrogens is 520 g/mol. The molecule has 0 unspecified atom stereocenters. The van der Waals surface area contributed by atoms with Crippen molar-refractivity contribution in [3.8, 4) is 22.4 Å². The van der Waals surface area contributed by atoms with Crippen LogP contribution in [0.1, 0.15) is 12.5 Å². The lowest BCUT2D eigenvalue weighted by atomic mass is 10.0. The Hall–Kier alpha value is -3.79. The lowest BCUT2D eigenvalue weighted by Gasteiger charge is -2.22. The van der Waals surface area contributed by atoms with Crippen LogP contribution in [0.2, 0.25) is 0 Å². The summed E-state index contributed by atoms with van der Waals surface area (Å²) in [7, 11) is -5.21. The van der Waals surface area contributed by atoms with Gasteiger partial charge in [0.05, 0.1) is 16.2 Å². The second kappa shape index (κ2) is 9.69. The number of nitrogens with two attached hydrogens (primary N) is 1. The molecule has 2 heterocycles. The standard InChI is InChI=1S/C20H15F6N5O4S/c1-2-31(35-17(32)20(24,25)26)36(33,34)16-7-13(19(21,22)23)4-5-14(16)11-3-6-15(28-8-11)12-9-29-18(27)30-10-12/h3-10H,2H2,1H3,(H2,27,29,30). The smallest absolute Gasteiger partial charge is 0.368 e. The van der Waals surface area contributed by atoms with Crippen LogP contribution >= 0.6 is 0 Å². The molecule has 3 aromatic rings. The van der Waals surface area contributed by atoms with Crippen molar-refractivity contribution >= 4 is 21.9 Å². The molecule has 0 aliphatic carbocycles. The Bertz CT molecular complexity index is 1360. The number of sulfonamides is 1. The number of halogens is 6. The molecule has 0 atom stereocenters. The number of rotatable bonds is 6. The maximum atomic E-state index is 13.3. The Balaban J connectivity index is 2.12. The number of aromatic nitrogens is 3. The zero-order valence-electron chi connectivity index (χ0n) is 18.0. The van der Waals surface area contributed by atoms with Crippen LogP contribution in [-0.2, 0) is 25.8 Å². The lowest BCUT2D eigenvalue weighted by molar-refractivity contribution is -0.222. The van der Waals surface area contributed by atoms with E-state index in [1.54, 1.807) is 0 Å². The summed E-state index contributed by atoms with van der Waals surface area (Å²) >= 11 is 0. The Morgan fingerprint density at radius 1 is 0.972 bits per heavy atom. The van der Waals surface area contributed by atoms with Gasteiger partial charge in [-0.25, -0.2) is 23.2 Å². The van der Waals surface area contributed by atoms with Gasteiger partial charge in [-0.05, 0) is 29.6 Å². The lowest BCUT2D eigenvalue weighted by Crippen LogP contribution is -2.38. The number of hydrogen-bond donors (Lipinski definition) is 1. The number of benzene rings is 1. The molecule has 3 rings (SSSR count). The van der Waals surface area contributed by atoms with Gasteiger partial charge in [0.2, 0.25) is 5.95 Å². The van der Waals surface area contributed by atoms with E-state index < -0.39 is 45.3 Å². The van der Waals surface area contributed by atoms with E-state index in [2.05, 4.69) is 19.8 Å². The van der Waals surface area contributed by atoms with Gasteiger partial charge in [-0.2, -0.15) is 26.3 Å². The van der Waals surface area contributed by atoms with Crippen LogP contribution in [0, 0.1) is 0 Å². The zero-order chi connectivity index (χ0) is 26.9. The molecule has 2 aromatic heterocycles. The molecule has 0 fully saturated rings. The Morgan fingerprint density at radius 3 is 2.08 bits per heavy atom. The van der Waals surface area contributed by atoms with Crippen LogP contribution in [0.25, 0.3) is 22.4 Å². The van der Waals surface area contributed by atoms with E-state index >= 15 is 0 Å². The highest BCUT2D eigenvalue weighted by molar-refractivity contribution is 7.89. The molecule has 0 spiro atoms. The van der Waals surface area contributed by atoms with Crippen molar-refractivity contribution in [3.05, 3.63) is 54.5 Å². The van der Waals surface area contributed by atoms with Crippen LogP contribution < -0.4 is 5.73 Å². The van der Waals surface area contributed by atoms with Crippen LogP contribution in [0.15, 0.2) is 53.8 Å². The normalized spacial score (nSPS) is 12.6. The topological polar surface area (TPSA) is 128 Å². The predicted molar refractivity (Wildman–Crippen MR) is 112 cm³/mol. The summed E-state index contributed by atoms with van der Waals surface area (Å²) in [6.07, 6.45) is -6.70. The number of carbonyl (C=O) groups excluding carboxylic acids is 1. The average Bonchev–Trinajstić information content (AvgIpc) is 2.81. The van der Waals surface area contributed by atoms with Gasteiger partial charge in [0, 0.05) is 41.8 Å². The number of hydroxylamine groups is 1. The van der Waals surface area contributed by atoms with E-state index in [9.17, 15) is 39.6 Å². The summed E-state index contributed by atoms with van der Waals surface area (Å²) in [4.78, 5) is 25.8. The fraction of sp³-hybridized carbons (Fsp3) is 0.200. The molecule has 0 radical (unpaired) electrons. The SMILES string of the molecule is CCN(OC(=O)C(F)(F)F)S(=O)(=O)c1cc(C(F)(F)F)ccc1-c1ccc(-c2cnc(N)nc2)nc1. The van der Waals surface area contributed by atoms with Gasteiger partial charge in [0.25, 0.3) is 10.0 Å². The van der Waals surface area contributed by atoms with Crippen LogP contribution in [0.4, 0.5) is 32.3 Å². The molecule has 9 nitrogen and oxygen atoms in total. The summed E-state index contributed by atoms with van der Waals surface area (Å²) in [5.41, 5.74) is 4.42. The zero-order valence-corrected chi connectivity index (χ0v) is 18.8. The molecule has 1 aromatic carbocycles. The van der Waals surface area contributed by atoms with E-state index in [0.717, 1.165) is 19.2 Å². The third-order valence-electron chi connectivity index (χ3n) is 4.57. The Morgan fingerprint density at radius 2 is 1.58 bits per heavy atom. The number of nitrogens with zero attached hydrogens (tertiary/aromatic N) is 4. The van der Waals surface area contributed by atoms with Crippen LogP contribution in [0.3, 0.4) is 0 Å². The first-order valence-corrected chi connectivity index (χ1v) is 11.2. The first-order valence-electron chi connectivity index (χ1n) is 9.72. The van der Waals surface area contributed by atoms with Gasteiger partial charge in [0.15, 0.2) is 0 Å². The second-order valence-corrected chi connectivity index (χ2v) is 8.77. The number of nitrogen functional groups attached to an aromatic ring is 1. The Kier molecular flexibility index (Phi) is 7.22. The second-order valence-electron chi connectivity index (χ2n) is 6.97. The fourth-order valence-corrected chi connectivity index (χ4v) is 4.35. The van der Waals surface area contributed by atoms with E-state index in [0.29, 0.717) is 17.3 Å². The number of pyridine rings is 1. The molecule has 0 aliphatic rings. The first-order chi connectivity index (χ1) is 16.6. The van der Waals surface area contributed by atoms with Crippen molar-refractivity contribution in [2.75, 3.05) is 12.3 Å². The summed E-state index contributed by atoms with van der Waals surface area (Å²) in [5.74, 6) is -2.86. The number of hydrogen-bond acceptors (Lipinski definition) is 8. The van der Waals surface area contributed by atoms with Crippen LogP contribution in [-0.4, -0.2) is 46.5 Å². The molecule has 36 heavy (non-hydrogen) atoms. The van der Waals surface area contributed by atoms with E-state index in [1.165, 1.54) is 24.5 Å². The third kappa shape index (κ3) is 5.71. The maximum Gasteiger partial charge on any atom is 0.492 e. The Labute approximate surface area is 199 Å². The summed E-state index contributed by atoms with van der Waals surface area (Å²) in [5, 5.41) is 0. The highest BCUT2D eigenvalue weighted by atomic mass is 32.2. The first kappa shape index (κ1) is 26.8. The van der Waals surface area contributed by atoms with Gasteiger partial charge in [-0.3, -0.25) is 4.98 Å². The molecule has 0 saturated heterocycles. The quantitative estimate of drug-likeness (QED) is 0.373. The minimum atomic E-state index is -5.55. The van der Waals surface area contributed by atoms with E-state index in [-0.39, 0.29) is 27.6 Å². The average molecular weight is 535 g/mol. The van der Waals surface area contributed by atoms with Crippen molar-refractivity contribution in [2.45, 2.75) is 24.2 Å². The monoisotopic (exact) mass is 535 g/mol. The molecule has 192 valence electrons. The summed E-state index contributed by atoms with van der Waals surface area (Å²) in [6.45, 7) is 0.202. The van der Waals surface area contributed by atoms with Gasteiger partial charge in [-0.15, -0.1) is 0 Å². The highest BCUT2D eigenvalue weighted by Crippen LogP contribution is 2.37. The highest BCUT2D eigenvalue weighted by Gasteiger charge is 2.45. The van der Waals surface area contributed by atoms with Crippen molar-refractivity contribution in [2.24, 2.45) is 0 Å². The molecule has 2 N–H and O–H groups in total. The van der Waals surface area contributed by atoms with Crippen molar-refractivity contribution < 1.29 is 44.4 Å². The molecule has 0 aliphatic heterocycles. The maximum absolute atomic E-state index is 13.3. The number of alkyl halides is 6. The summed E-state index contributed by atoms with van der Waals surface area (Å²) < 4.78 is 104. The van der Waals surface area contributed by atoms with Crippen molar-refractivity contribution in [1.82, 2.24) is 19.4 Å². The van der Waals surface area contributed by atoms with Gasteiger partial charge in [0.1, 0.15) is 0 Å². The van der Waals surface area contributed by atoms with Crippen molar-refractivity contribution in [1.29, 1.82) is 0 Å². The third-order valence-corrected chi connectivity index (χ3v) is 6.33. The van der Waals surface area contributed by atoms with E-state index in [4.69, 9.17) is 5.73 Å².